The number of carbonyl (C=O) groups is 1. The second kappa shape index (κ2) is 2.18. The highest BCUT2D eigenvalue weighted by molar-refractivity contribution is 5.91. The van der Waals surface area contributed by atoms with Crippen molar-refractivity contribution in [3.8, 4) is 0 Å². The summed E-state index contributed by atoms with van der Waals surface area (Å²) in [5, 5.41) is 21.6. The molecule has 1 saturated carbocycles. The molecule has 0 N–H and O–H groups in total. The van der Waals surface area contributed by atoms with E-state index in [4.69, 9.17) is 0 Å². The lowest BCUT2D eigenvalue weighted by atomic mass is 10.1. The van der Waals surface area contributed by atoms with Crippen molar-refractivity contribution in [1.29, 1.82) is 0 Å². The molecule has 1 aliphatic rings. The minimum Gasteiger partial charge on any atom is -0.848 e. The predicted octanol–water partition coefficient (Wildman–Crippen LogP) is -1.78. The molecule has 3 unspecified atom stereocenters. The Labute approximate surface area is 59.0 Å². The average Bonchev–Trinajstić information content (AvgIpc) is 2.07. The molecule has 0 heterocycles. The number of hydrogen-bond acceptors (Lipinski definition) is 3. The first-order valence-corrected chi connectivity index (χ1v) is 3.09. The zero-order valence-electron chi connectivity index (χ0n) is 5.66. The van der Waals surface area contributed by atoms with Crippen molar-refractivity contribution in [2.45, 2.75) is 19.1 Å². The third kappa shape index (κ3) is 0.786. The van der Waals surface area contributed by atoms with Gasteiger partial charge in [-0.25, -0.2) is 0 Å². The van der Waals surface area contributed by atoms with Gasteiger partial charge in [0, 0.05) is 5.92 Å². The van der Waals surface area contributed by atoms with Gasteiger partial charge in [-0.3, -0.25) is 0 Å². The van der Waals surface area contributed by atoms with E-state index in [1.54, 1.807) is 0 Å². The van der Waals surface area contributed by atoms with Crippen LogP contribution in [0.15, 0.2) is 12.2 Å². The predicted molar refractivity (Wildman–Crippen MR) is 30.9 cm³/mol. The third-order valence-electron chi connectivity index (χ3n) is 1.86. The number of Topliss-reactive ketones (excluding diaryl/α,β-unsaturated/α-hetero) is 1. The first kappa shape index (κ1) is 7.44. The number of hydrogen-bond donors (Lipinski definition) is 0. The largest absolute Gasteiger partial charge is 0.848 e. The second-order valence-electron chi connectivity index (χ2n) is 2.57. The molecule has 0 aromatic rings. The van der Waals surface area contributed by atoms with Crippen LogP contribution in [0.4, 0.5) is 0 Å². The van der Waals surface area contributed by atoms with E-state index in [2.05, 4.69) is 6.58 Å². The van der Waals surface area contributed by atoms with Gasteiger partial charge in [-0.05, 0) is 6.10 Å². The normalized spacial score (nSPS) is 40.9. The summed E-state index contributed by atoms with van der Waals surface area (Å²) in [7, 11) is 0. The van der Waals surface area contributed by atoms with E-state index in [0.29, 0.717) is 0 Å². The summed E-state index contributed by atoms with van der Waals surface area (Å²) in [6.45, 7) is 4.75. The van der Waals surface area contributed by atoms with Gasteiger partial charge in [0.2, 0.25) is 0 Å². The summed E-state index contributed by atoms with van der Waals surface area (Å²) in [6.07, 6.45) is -2.63. The molecule has 0 amide bonds. The van der Waals surface area contributed by atoms with Crippen LogP contribution < -0.4 is 10.2 Å². The molecule has 0 aromatic heterocycles. The van der Waals surface area contributed by atoms with Crippen molar-refractivity contribution in [3.63, 3.8) is 0 Å². The van der Waals surface area contributed by atoms with Gasteiger partial charge in [0.05, 0.1) is 0 Å². The van der Waals surface area contributed by atoms with Gasteiger partial charge in [-0.2, -0.15) is 0 Å². The quantitative estimate of drug-likeness (QED) is 0.374. The van der Waals surface area contributed by atoms with Gasteiger partial charge in [0.25, 0.3) is 0 Å². The van der Waals surface area contributed by atoms with E-state index in [1.807, 2.05) is 0 Å². The molecular formula is C7H8O3-2. The van der Waals surface area contributed by atoms with Crippen molar-refractivity contribution < 1.29 is 15.0 Å². The minimum absolute atomic E-state index is 0.00231. The Morgan fingerprint density at radius 2 is 2.00 bits per heavy atom. The van der Waals surface area contributed by atoms with Crippen LogP contribution in [-0.4, -0.2) is 18.0 Å². The molecule has 56 valence electrons. The SMILES string of the molecule is C=C1C([O-])C(=O)C(C)C1[O-]. The summed E-state index contributed by atoms with van der Waals surface area (Å²) in [6, 6.07) is 0. The molecular weight excluding hydrogens is 132 g/mol. The van der Waals surface area contributed by atoms with Gasteiger partial charge < -0.3 is 15.0 Å². The molecule has 1 aliphatic carbocycles. The number of rotatable bonds is 0. The highest BCUT2D eigenvalue weighted by Gasteiger charge is 2.28. The van der Waals surface area contributed by atoms with Crippen LogP contribution >= 0.6 is 0 Å². The Bertz CT molecular complexity index is 165. The van der Waals surface area contributed by atoms with Crippen LogP contribution in [0.25, 0.3) is 0 Å². The average molecular weight is 140 g/mol. The molecule has 3 atom stereocenters. The smallest absolute Gasteiger partial charge is 0.125 e. The van der Waals surface area contributed by atoms with Crippen LogP contribution in [0, 0.1) is 5.92 Å². The van der Waals surface area contributed by atoms with E-state index < -0.39 is 23.9 Å². The number of carbonyl (C=O) groups excluding carboxylic acids is 1. The molecule has 3 nitrogen and oxygen atoms in total. The first-order valence-electron chi connectivity index (χ1n) is 3.09. The van der Waals surface area contributed by atoms with Gasteiger partial charge in [-0.1, -0.05) is 18.6 Å². The van der Waals surface area contributed by atoms with Crippen molar-refractivity contribution in [3.05, 3.63) is 12.2 Å². The van der Waals surface area contributed by atoms with Crippen molar-refractivity contribution in [2.24, 2.45) is 5.92 Å². The van der Waals surface area contributed by atoms with Crippen LogP contribution in [-0.2, 0) is 4.79 Å². The summed E-state index contributed by atoms with van der Waals surface area (Å²) in [4.78, 5) is 10.8. The Morgan fingerprint density at radius 1 is 1.50 bits per heavy atom. The van der Waals surface area contributed by atoms with Gasteiger partial charge in [-0.15, -0.1) is 6.58 Å². The maximum absolute atomic E-state index is 10.9. The van der Waals surface area contributed by atoms with E-state index in [0.717, 1.165) is 0 Å². The maximum Gasteiger partial charge on any atom is 0.125 e. The van der Waals surface area contributed by atoms with Gasteiger partial charge >= 0.3 is 0 Å². The van der Waals surface area contributed by atoms with Gasteiger partial charge in [0.15, 0.2) is 0 Å². The molecule has 0 aliphatic heterocycles. The zero-order chi connectivity index (χ0) is 7.89. The summed E-state index contributed by atoms with van der Waals surface area (Å²) in [5.74, 6) is -1.18. The Hall–Kier alpha value is -0.670. The van der Waals surface area contributed by atoms with Crippen molar-refractivity contribution >= 4 is 5.78 Å². The standard InChI is InChI=1S/C7H8O3/c1-3-5(8)4(2)7(10)6(3)9/h4-6H,1H2,2H3/q-2. The summed E-state index contributed by atoms with van der Waals surface area (Å²) >= 11 is 0. The minimum atomic E-state index is -1.46. The zero-order valence-corrected chi connectivity index (χ0v) is 5.66. The molecule has 0 bridgehead atoms. The lowest BCUT2D eigenvalue weighted by Gasteiger charge is -2.22. The summed E-state index contributed by atoms with van der Waals surface area (Å²) < 4.78 is 0. The van der Waals surface area contributed by atoms with Crippen LogP contribution in [0.5, 0.6) is 0 Å². The highest BCUT2D eigenvalue weighted by atomic mass is 16.3. The Balaban J connectivity index is 2.89. The molecule has 0 spiro atoms. The third-order valence-corrected chi connectivity index (χ3v) is 1.86. The molecule has 0 aromatic carbocycles. The molecule has 1 rings (SSSR count). The van der Waals surface area contributed by atoms with Crippen molar-refractivity contribution in [2.75, 3.05) is 0 Å². The van der Waals surface area contributed by atoms with E-state index in [9.17, 15) is 15.0 Å². The van der Waals surface area contributed by atoms with Gasteiger partial charge in [0.1, 0.15) is 5.78 Å². The topological polar surface area (TPSA) is 63.2 Å². The lowest BCUT2D eigenvalue weighted by molar-refractivity contribution is -0.423. The number of ketones is 1. The molecule has 3 heteroatoms. The van der Waals surface area contributed by atoms with Crippen molar-refractivity contribution in [1.82, 2.24) is 0 Å². The van der Waals surface area contributed by atoms with E-state index in [-0.39, 0.29) is 5.57 Å². The monoisotopic (exact) mass is 140 g/mol. The summed E-state index contributed by atoms with van der Waals surface area (Å²) in [5.41, 5.74) is -0.00231. The maximum atomic E-state index is 10.9. The molecule has 0 saturated heterocycles. The van der Waals surface area contributed by atoms with Crippen LogP contribution in [0.1, 0.15) is 6.92 Å². The van der Waals surface area contributed by atoms with E-state index >= 15 is 0 Å². The fraction of sp³-hybridized carbons (Fsp3) is 0.571. The highest BCUT2D eigenvalue weighted by Crippen LogP contribution is 2.22. The Morgan fingerprint density at radius 3 is 2.10 bits per heavy atom. The molecule has 0 radical (unpaired) electrons. The fourth-order valence-electron chi connectivity index (χ4n) is 1.04. The van der Waals surface area contributed by atoms with Crippen LogP contribution in [0.3, 0.4) is 0 Å². The van der Waals surface area contributed by atoms with E-state index in [1.165, 1.54) is 6.92 Å². The first-order chi connectivity index (χ1) is 4.55. The fourth-order valence-corrected chi connectivity index (χ4v) is 1.04. The lowest BCUT2D eigenvalue weighted by Crippen LogP contribution is -2.32. The Kier molecular flexibility index (Phi) is 1.62. The van der Waals surface area contributed by atoms with Crippen LogP contribution in [0.2, 0.25) is 0 Å². The second-order valence-corrected chi connectivity index (χ2v) is 2.57. The molecule has 1 fully saturated rings. The molecule has 10 heavy (non-hydrogen) atoms.